The van der Waals surface area contributed by atoms with Crippen molar-refractivity contribution in [2.24, 2.45) is 5.92 Å². The van der Waals surface area contributed by atoms with Crippen LogP contribution in [0.1, 0.15) is 52.1 Å². The van der Waals surface area contributed by atoms with Crippen molar-refractivity contribution in [3.05, 3.63) is 35.9 Å². The molecule has 0 unspecified atom stereocenters. The molecule has 2 rings (SSSR count). The Hall–Kier alpha value is -1.55. The van der Waals surface area contributed by atoms with Gasteiger partial charge in [0.15, 0.2) is 0 Å². The molecule has 1 heterocycles. The van der Waals surface area contributed by atoms with Gasteiger partial charge in [-0.15, -0.1) is 0 Å². The third-order valence-electron chi connectivity index (χ3n) is 5.11. The molecule has 1 aromatic carbocycles. The molecule has 134 valence electrons. The normalized spacial score (nSPS) is 17.7. The van der Waals surface area contributed by atoms with Crippen molar-refractivity contribution in [3.8, 4) is 0 Å². The van der Waals surface area contributed by atoms with Crippen molar-refractivity contribution in [3.63, 3.8) is 0 Å². The van der Waals surface area contributed by atoms with Gasteiger partial charge in [-0.2, -0.15) is 0 Å². The molecule has 0 aliphatic carbocycles. The molecule has 1 aliphatic heterocycles. The zero-order valence-electron chi connectivity index (χ0n) is 15.7. The largest absolute Gasteiger partial charge is 0.336 e. The second-order valence-electron chi connectivity index (χ2n) is 7.21. The van der Waals surface area contributed by atoms with Crippen LogP contribution in [-0.4, -0.2) is 48.1 Å². The molecule has 4 heteroatoms. The minimum Gasteiger partial charge on any atom is -0.336 e. The molecule has 1 aromatic rings. The van der Waals surface area contributed by atoms with Gasteiger partial charge in [0, 0.05) is 19.1 Å². The first kappa shape index (κ1) is 18.8. The Balaban J connectivity index is 2.05. The molecule has 4 nitrogen and oxygen atoms in total. The Morgan fingerprint density at radius 1 is 1.25 bits per heavy atom. The first-order valence-corrected chi connectivity index (χ1v) is 9.36. The number of rotatable bonds is 6. The van der Waals surface area contributed by atoms with E-state index < -0.39 is 0 Å². The van der Waals surface area contributed by atoms with Crippen LogP contribution in [0, 0.1) is 5.92 Å². The highest BCUT2D eigenvalue weighted by Crippen LogP contribution is 2.26. The van der Waals surface area contributed by atoms with E-state index in [9.17, 15) is 4.79 Å². The molecule has 0 bridgehead atoms. The highest BCUT2D eigenvalue weighted by atomic mass is 16.2. The third-order valence-corrected chi connectivity index (χ3v) is 5.11. The monoisotopic (exact) mass is 331 g/mol. The fraction of sp³-hybridized carbons (Fsp3) is 0.650. The lowest BCUT2D eigenvalue weighted by Crippen LogP contribution is -2.47. The summed E-state index contributed by atoms with van der Waals surface area (Å²) in [6.45, 7) is 12.1. The van der Waals surface area contributed by atoms with Crippen LogP contribution in [0.15, 0.2) is 30.3 Å². The highest BCUT2D eigenvalue weighted by Gasteiger charge is 2.25. The number of benzene rings is 1. The molecule has 0 spiro atoms. The van der Waals surface area contributed by atoms with Gasteiger partial charge in [0.1, 0.15) is 0 Å². The smallest absolute Gasteiger partial charge is 0.317 e. The van der Waals surface area contributed by atoms with Crippen LogP contribution in [0.4, 0.5) is 4.79 Å². The van der Waals surface area contributed by atoms with Gasteiger partial charge in [0.2, 0.25) is 0 Å². The van der Waals surface area contributed by atoms with Gasteiger partial charge in [0.25, 0.3) is 0 Å². The number of hydrogen-bond donors (Lipinski definition) is 1. The van der Waals surface area contributed by atoms with Gasteiger partial charge in [-0.25, -0.2) is 4.79 Å². The van der Waals surface area contributed by atoms with Crippen molar-refractivity contribution >= 4 is 6.03 Å². The second-order valence-corrected chi connectivity index (χ2v) is 7.21. The van der Waals surface area contributed by atoms with E-state index in [1.165, 1.54) is 18.4 Å². The average molecular weight is 332 g/mol. The number of piperidine rings is 1. The van der Waals surface area contributed by atoms with E-state index in [1.807, 2.05) is 11.8 Å². The highest BCUT2D eigenvalue weighted by molar-refractivity contribution is 5.74. The van der Waals surface area contributed by atoms with Crippen LogP contribution in [0.3, 0.4) is 0 Å². The fourth-order valence-corrected chi connectivity index (χ4v) is 3.50. The number of amides is 2. The van der Waals surface area contributed by atoms with Gasteiger partial charge in [-0.1, -0.05) is 37.3 Å². The number of urea groups is 1. The Kier molecular flexibility index (Phi) is 7.10. The van der Waals surface area contributed by atoms with Gasteiger partial charge >= 0.3 is 6.03 Å². The number of carbonyl (C=O) groups is 1. The molecular formula is C20H33N3O. The van der Waals surface area contributed by atoms with E-state index in [1.54, 1.807) is 0 Å². The topological polar surface area (TPSA) is 35.6 Å². The Labute approximate surface area is 147 Å². The molecule has 1 N–H and O–H groups in total. The van der Waals surface area contributed by atoms with Gasteiger partial charge in [0.05, 0.1) is 6.04 Å². The van der Waals surface area contributed by atoms with E-state index in [-0.39, 0.29) is 18.1 Å². The van der Waals surface area contributed by atoms with Crippen molar-refractivity contribution in [1.82, 2.24) is 15.1 Å². The summed E-state index contributed by atoms with van der Waals surface area (Å²) in [4.78, 5) is 16.9. The van der Waals surface area contributed by atoms with Crippen LogP contribution in [0.2, 0.25) is 0 Å². The minimum atomic E-state index is 0.0406. The van der Waals surface area contributed by atoms with Crippen molar-refractivity contribution in [1.29, 1.82) is 0 Å². The van der Waals surface area contributed by atoms with Crippen molar-refractivity contribution < 1.29 is 4.79 Å². The van der Waals surface area contributed by atoms with Gasteiger partial charge in [-0.05, 0) is 58.2 Å². The van der Waals surface area contributed by atoms with Gasteiger partial charge < -0.3 is 10.2 Å². The summed E-state index contributed by atoms with van der Waals surface area (Å²) in [6, 6.07) is 11.1. The Morgan fingerprint density at radius 2 is 1.88 bits per heavy atom. The summed E-state index contributed by atoms with van der Waals surface area (Å²) in [7, 11) is 0. The van der Waals surface area contributed by atoms with E-state index in [0.717, 1.165) is 25.6 Å². The van der Waals surface area contributed by atoms with Crippen molar-refractivity contribution in [2.75, 3.05) is 26.2 Å². The molecule has 0 saturated carbocycles. The molecule has 0 aromatic heterocycles. The lowest BCUT2D eigenvalue weighted by molar-refractivity contribution is 0.132. The Bertz CT molecular complexity index is 495. The van der Waals surface area contributed by atoms with E-state index in [2.05, 4.69) is 61.3 Å². The molecule has 1 aliphatic rings. The average Bonchev–Trinajstić information content (AvgIpc) is 2.58. The first-order valence-electron chi connectivity index (χ1n) is 9.36. The standard InChI is InChI=1S/C20H33N3O/c1-5-23(16(2)3)20(24)21-15-19(18-9-7-6-8-10-18)22-13-11-17(4)12-14-22/h6-10,16-17,19H,5,11-15H2,1-4H3,(H,21,24)/t19-/m0/s1. The molecule has 1 fully saturated rings. The molecule has 24 heavy (non-hydrogen) atoms. The van der Waals surface area contributed by atoms with Crippen LogP contribution in [0.5, 0.6) is 0 Å². The zero-order valence-corrected chi connectivity index (χ0v) is 15.7. The van der Waals surface area contributed by atoms with Crippen LogP contribution >= 0.6 is 0 Å². The maximum Gasteiger partial charge on any atom is 0.317 e. The SMILES string of the molecule is CCN(C(=O)NC[C@@H](c1ccccc1)N1CCC(C)CC1)C(C)C. The number of hydrogen-bond acceptors (Lipinski definition) is 2. The van der Waals surface area contributed by atoms with Crippen LogP contribution in [0.25, 0.3) is 0 Å². The zero-order chi connectivity index (χ0) is 17.5. The third kappa shape index (κ3) is 4.97. The molecule has 1 saturated heterocycles. The minimum absolute atomic E-state index is 0.0406. The summed E-state index contributed by atoms with van der Waals surface area (Å²) in [5.41, 5.74) is 1.29. The van der Waals surface area contributed by atoms with Crippen LogP contribution < -0.4 is 5.32 Å². The quantitative estimate of drug-likeness (QED) is 0.858. The van der Waals surface area contributed by atoms with E-state index in [0.29, 0.717) is 6.54 Å². The first-order chi connectivity index (χ1) is 11.5. The number of nitrogens with one attached hydrogen (secondary N) is 1. The summed E-state index contributed by atoms with van der Waals surface area (Å²) < 4.78 is 0. The summed E-state index contributed by atoms with van der Waals surface area (Å²) >= 11 is 0. The summed E-state index contributed by atoms with van der Waals surface area (Å²) in [5.74, 6) is 0.809. The molecule has 2 amide bonds. The van der Waals surface area contributed by atoms with E-state index in [4.69, 9.17) is 0 Å². The number of likely N-dealkylation sites (tertiary alicyclic amines) is 1. The van der Waals surface area contributed by atoms with Crippen molar-refractivity contribution in [2.45, 2.75) is 52.6 Å². The summed E-state index contributed by atoms with van der Waals surface area (Å²) in [5, 5.41) is 3.17. The lowest BCUT2D eigenvalue weighted by Gasteiger charge is -2.37. The maximum absolute atomic E-state index is 12.5. The maximum atomic E-state index is 12.5. The molecular weight excluding hydrogens is 298 g/mol. The number of nitrogens with zero attached hydrogens (tertiary/aromatic N) is 2. The lowest BCUT2D eigenvalue weighted by atomic mass is 9.95. The fourth-order valence-electron chi connectivity index (χ4n) is 3.50. The van der Waals surface area contributed by atoms with Crippen LogP contribution in [-0.2, 0) is 0 Å². The van der Waals surface area contributed by atoms with Gasteiger partial charge in [-0.3, -0.25) is 4.90 Å². The predicted molar refractivity (Wildman–Crippen MR) is 100 cm³/mol. The second kappa shape index (κ2) is 9.07. The molecule has 0 radical (unpaired) electrons. The predicted octanol–water partition coefficient (Wildman–Crippen LogP) is 3.90. The van der Waals surface area contributed by atoms with E-state index >= 15 is 0 Å². The Morgan fingerprint density at radius 3 is 2.42 bits per heavy atom. The summed E-state index contributed by atoms with van der Waals surface area (Å²) in [6.07, 6.45) is 2.48. The number of carbonyl (C=O) groups excluding carboxylic acids is 1. The molecule has 1 atom stereocenters.